The van der Waals surface area contributed by atoms with Gasteiger partial charge in [-0.1, -0.05) is 30.3 Å². The molecule has 3 unspecified atom stereocenters. The fourth-order valence-electron chi connectivity index (χ4n) is 2.52. The van der Waals surface area contributed by atoms with Gasteiger partial charge in [0.25, 0.3) is 0 Å². The smallest absolute Gasteiger partial charge is 0.129 e. The number of methoxy groups -OCH3 is 1. The van der Waals surface area contributed by atoms with Crippen LogP contribution < -0.4 is 10.5 Å². The molecule has 94 valence electrons. The molecular weight excluding hydrogens is 242 g/mol. The number of hydrogen-bond acceptors (Lipinski definition) is 3. The average molecular weight is 259 g/mol. The maximum Gasteiger partial charge on any atom is 0.129 e. The van der Waals surface area contributed by atoms with E-state index in [0.717, 1.165) is 5.75 Å². The minimum absolute atomic E-state index is 0.143. The van der Waals surface area contributed by atoms with Crippen molar-refractivity contribution in [2.75, 3.05) is 7.11 Å². The molecule has 0 saturated heterocycles. The zero-order valence-corrected chi connectivity index (χ0v) is 11.2. The van der Waals surface area contributed by atoms with Crippen molar-refractivity contribution in [1.29, 1.82) is 0 Å². The van der Waals surface area contributed by atoms with E-state index < -0.39 is 0 Å². The van der Waals surface area contributed by atoms with Gasteiger partial charge in [0.1, 0.15) is 5.75 Å². The van der Waals surface area contributed by atoms with Crippen LogP contribution in [0.1, 0.15) is 28.8 Å². The van der Waals surface area contributed by atoms with Crippen molar-refractivity contribution < 1.29 is 4.74 Å². The van der Waals surface area contributed by atoms with E-state index in [-0.39, 0.29) is 6.04 Å². The van der Waals surface area contributed by atoms with Crippen LogP contribution in [0.25, 0.3) is 0 Å². The molecule has 2 aromatic rings. The number of nitrogens with two attached hydrogens (primary N) is 1. The van der Waals surface area contributed by atoms with E-state index in [1.807, 2.05) is 5.38 Å². The minimum atomic E-state index is 0.143. The van der Waals surface area contributed by atoms with E-state index in [1.54, 1.807) is 18.4 Å². The molecule has 3 heteroatoms. The highest BCUT2D eigenvalue weighted by Crippen LogP contribution is 2.54. The summed E-state index contributed by atoms with van der Waals surface area (Å²) in [6.45, 7) is 0. The number of rotatable bonds is 4. The van der Waals surface area contributed by atoms with Crippen LogP contribution in [0, 0.1) is 5.92 Å². The molecule has 1 aromatic heterocycles. The molecule has 0 amide bonds. The van der Waals surface area contributed by atoms with Crippen LogP contribution in [0.5, 0.6) is 5.75 Å². The Balaban J connectivity index is 1.70. The molecule has 3 atom stereocenters. The summed E-state index contributed by atoms with van der Waals surface area (Å²) in [5.74, 6) is 2.13. The standard InChI is InChI=1S/C15H17NOS/c1-17-11-7-14(18-9-11)15(16)13-8-12(13)10-5-3-2-4-6-10/h2-7,9,12-13,15H,8,16H2,1H3. The quantitative estimate of drug-likeness (QED) is 0.911. The molecule has 1 saturated carbocycles. The zero-order chi connectivity index (χ0) is 12.5. The number of hydrogen-bond donors (Lipinski definition) is 1. The summed E-state index contributed by atoms with van der Waals surface area (Å²) < 4.78 is 5.21. The fraction of sp³-hybridized carbons (Fsp3) is 0.333. The van der Waals surface area contributed by atoms with Crippen LogP contribution in [0.2, 0.25) is 0 Å². The van der Waals surface area contributed by atoms with Crippen molar-refractivity contribution in [3.8, 4) is 5.75 Å². The van der Waals surface area contributed by atoms with Crippen LogP contribution in [0.3, 0.4) is 0 Å². The van der Waals surface area contributed by atoms with E-state index in [0.29, 0.717) is 11.8 Å². The fourth-order valence-corrected chi connectivity index (χ4v) is 3.45. The molecule has 1 aliphatic carbocycles. The third kappa shape index (κ3) is 2.16. The maximum absolute atomic E-state index is 6.35. The summed E-state index contributed by atoms with van der Waals surface area (Å²) >= 11 is 1.70. The molecule has 1 heterocycles. The Hall–Kier alpha value is -1.32. The summed E-state index contributed by atoms with van der Waals surface area (Å²) in [4.78, 5) is 1.23. The lowest BCUT2D eigenvalue weighted by atomic mass is 10.0. The topological polar surface area (TPSA) is 35.2 Å². The van der Waals surface area contributed by atoms with Crippen molar-refractivity contribution in [2.24, 2.45) is 11.7 Å². The Labute approximate surface area is 111 Å². The molecule has 2 N–H and O–H groups in total. The van der Waals surface area contributed by atoms with Gasteiger partial charge in [0.05, 0.1) is 7.11 Å². The van der Waals surface area contributed by atoms with Gasteiger partial charge >= 0.3 is 0 Å². The Morgan fingerprint density at radius 3 is 2.78 bits per heavy atom. The zero-order valence-electron chi connectivity index (χ0n) is 10.4. The van der Waals surface area contributed by atoms with E-state index in [2.05, 4.69) is 36.4 Å². The monoisotopic (exact) mass is 259 g/mol. The van der Waals surface area contributed by atoms with Gasteiger partial charge in [-0.05, 0) is 29.9 Å². The Bertz CT molecular complexity index is 522. The second kappa shape index (κ2) is 4.75. The summed E-state index contributed by atoms with van der Waals surface area (Å²) in [6, 6.07) is 12.9. The molecule has 1 aromatic carbocycles. The normalized spacial score (nSPS) is 23.7. The first-order valence-corrected chi connectivity index (χ1v) is 7.10. The van der Waals surface area contributed by atoms with Crippen molar-refractivity contribution in [2.45, 2.75) is 18.4 Å². The van der Waals surface area contributed by atoms with Crippen molar-refractivity contribution in [3.05, 3.63) is 52.2 Å². The SMILES string of the molecule is COc1csc(C(N)C2CC2c2ccccc2)c1. The van der Waals surface area contributed by atoms with Gasteiger partial charge in [-0.3, -0.25) is 0 Å². The van der Waals surface area contributed by atoms with Crippen LogP contribution in [0.4, 0.5) is 0 Å². The van der Waals surface area contributed by atoms with Gasteiger partial charge in [-0.2, -0.15) is 0 Å². The van der Waals surface area contributed by atoms with E-state index >= 15 is 0 Å². The Morgan fingerprint density at radius 2 is 2.11 bits per heavy atom. The molecule has 1 aliphatic rings. The lowest BCUT2D eigenvalue weighted by Gasteiger charge is -2.08. The Morgan fingerprint density at radius 1 is 1.33 bits per heavy atom. The summed E-state index contributed by atoms with van der Waals surface area (Å²) in [5.41, 5.74) is 7.77. The lowest BCUT2D eigenvalue weighted by Crippen LogP contribution is -2.11. The number of ether oxygens (including phenoxy) is 1. The highest BCUT2D eigenvalue weighted by molar-refractivity contribution is 7.10. The van der Waals surface area contributed by atoms with Gasteiger partial charge < -0.3 is 10.5 Å². The maximum atomic E-state index is 6.35. The van der Waals surface area contributed by atoms with Crippen LogP contribution in [-0.2, 0) is 0 Å². The van der Waals surface area contributed by atoms with Crippen molar-refractivity contribution >= 4 is 11.3 Å². The molecule has 1 fully saturated rings. The molecule has 2 nitrogen and oxygen atoms in total. The molecule has 0 radical (unpaired) electrons. The lowest BCUT2D eigenvalue weighted by molar-refractivity contribution is 0.416. The molecule has 18 heavy (non-hydrogen) atoms. The first-order chi connectivity index (χ1) is 8.79. The summed E-state index contributed by atoms with van der Waals surface area (Å²) in [7, 11) is 1.70. The molecule has 0 bridgehead atoms. The predicted octanol–water partition coefficient (Wildman–Crippen LogP) is 3.56. The highest BCUT2D eigenvalue weighted by atomic mass is 32.1. The minimum Gasteiger partial charge on any atom is -0.496 e. The molecule has 0 spiro atoms. The largest absolute Gasteiger partial charge is 0.496 e. The van der Waals surface area contributed by atoms with Gasteiger partial charge in [-0.25, -0.2) is 0 Å². The number of benzene rings is 1. The summed E-state index contributed by atoms with van der Waals surface area (Å²) in [5, 5.41) is 2.02. The first kappa shape index (κ1) is 11.8. The van der Waals surface area contributed by atoms with Gasteiger partial charge in [-0.15, -0.1) is 11.3 Å². The third-order valence-electron chi connectivity index (χ3n) is 3.69. The van der Waals surface area contributed by atoms with Crippen LogP contribution in [-0.4, -0.2) is 7.11 Å². The van der Waals surface area contributed by atoms with Crippen LogP contribution >= 0.6 is 11.3 Å². The van der Waals surface area contributed by atoms with Gasteiger partial charge in [0, 0.05) is 16.3 Å². The van der Waals surface area contributed by atoms with E-state index in [9.17, 15) is 0 Å². The third-order valence-corrected chi connectivity index (χ3v) is 4.70. The predicted molar refractivity (Wildman–Crippen MR) is 75.1 cm³/mol. The van der Waals surface area contributed by atoms with E-state index in [4.69, 9.17) is 10.5 Å². The highest BCUT2D eigenvalue weighted by Gasteiger charge is 2.43. The van der Waals surface area contributed by atoms with Crippen LogP contribution in [0.15, 0.2) is 41.8 Å². The molecular formula is C15H17NOS. The molecule has 0 aliphatic heterocycles. The van der Waals surface area contributed by atoms with E-state index in [1.165, 1.54) is 16.9 Å². The van der Waals surface area contributed by atoms with Crippen molar-refractivity contribution in [1.82, 2.24) is 0 Å². The Kier molecular flexibility index (Phi) is 3.10. The van der Waals surface area contributed by atoms with Crippen molar-refractivity contribution in [3.63, 3.8) is 0 Å². The molecule has 3 rings (SSSR count). The first-order valence-electron chi connectivity index (χ1n) is 6.22. The second-order valence-electron chi connectivity index (χ2n) is 4.83. The second-order valence-corrected chi connectivity index (χ2v) is 5.77. The summed E-state index contributed by atoms with van der Waals surface area (Å²) in [6.07, 6.45) is 1.20. The van der Waals surface area contributed by atoms with Gasteiger partial charge in [0.15, 0.2) is 0 Å². The number of thiophene rings is 1. The van der Waals surface area contributed by atoms with Gasteiger partial charge in [0.2, 0.25) is 0 Å². The average Bonchev–Trinajstić information content (AvgIpc) is 3.08.